The van der Waals surface area contributed by atoms with Gasteiger partial charge in [-0.2, -0.15) is 0 Å². The van der Waals surface area contributed by atoms with Gasteiger partial charge in [-0.1, -0.05) is 18.2 Å². The summed E-state index contributed by atoms with van der Waals surface area (Å²) in [6.45, 7) is 7.42. The number of imide groups is 1. The van der Waals surface area contributed by atoms with E-state index in [-0.39, 0.29) is 29.7 Å². The van der Waals surface area contributed by atoms with Crippen LogP contribution in [0.15, 0.2) is 18.2 Å². The highest BCUT2D eigenvalue weighted by molar-refractivity contribution is 6.05. The van der Waals surface area contributed by atoms with Gasteiger partial charge in [0.1, 0.15) is 6.04 Å². The van der Waals surface area contributed by atoms with Crippen LogP contribution in [0.25, 0.3) is 0 Å². The van der Waals surface area contributed by atoms with E-state index in [2.05, 4.69) is 29.8 Å². The molecule has 0 aliphatic carbocycles. The zero-order valence-electron chi connectivity index (χ0n) is 16.5. The Bertz CT molecular complexity index is 820. The van der Waals surface area contributed by atoms with Gasteiger partial charge in [0.15, 0.2) is 0 Å². The fourth-order valence-electron chi connectivity index (χ4n) is 4.68. The molecular weight excluding hydrogens is 356 g/mol. The molecule has 2 atom stereocenters. The largest absolute Gasteiger partial charge is 0.322 e. The molecule has 2 unspecified atom stereocenters. The number of carbonyl (C=O) groups is 3. The summed E-state index contributed by atoms with van der Waals surface area (Å²) in [6.07, 6.45) is 1.80. The van der Waals surface area contributed by atoms with Crippen LogP contribution < -0.4 is 16.0 Å². The Morgan fingerprint density at radius 2 is 2.07 bits per heavy atom. The molecule has 3 aliphatic heterocycles. The van der Waals surface area contributed by atoms with Gasteiger partial charge in [0.05, 0.1) is 0 Å². The number of hydrogen-bond acceptors (Lipinski definition) is 5. The van der Waals surface area contributed by atoms with Crippen molar-refractivity contribution in [3.63, 3.8) is 0 Å². The Labute approximate surface area is 165 Å². The summed E-state index contributed by atoms with van der Waals surface area (Å²) in [5, 5.41) is 9.39. The third-order valence-electron chi connectivity index (χ3n) is 6.06. The van der Waals surface area contributed by atoms with Crippen molar-refractivity contribution in [3.05, 3.63) is 34.9 Å². The van der Waals surface area contributed by atoms with Crippen LogP contribution in [0.2, 0.25) is 0 Å². The van der Waals surface area contributed by atoms with Gasteiger partial charge < -0.3 is 15.5 Å². The maximum absolute atomic E-state index is 13.1. The molecule has 3 N–H and O–H groups in total. The van der Waals surface area contributed by atoms with Gasteiger partial charge in [-0.3, -0.25) is 19.7 Å². The molecule has 0 bridgehead atoms. The van der Waals surface area contributed by atoms with E-state index >= 15 is 0 Å². The van der Waals surface area contributed by atoms with Crippen molar-refractivity contribution in [2.45, 2.75) is 57.8 Å². The van der Waals surface area contributed by atoms with Gasteiger partial charge in [0, 0.05) is 30.6 Å². The minimum absolute atomic E-state index is 0.106. The van der Waals surface area contributed by atoms with Gasteiger partial charge in [-0.15, -0.1) is 0 Å². The van der Waals surface area contributed by atoms with Crippen molar-refractivity contribution >= 4 is 17.7 Å². The number of nitrogens with zero attached hydrogens (tertiary/aromatic N) is 1. The molecule has 4 rings (SSSR count). The van der Waals surface area contributed by atoms with Gasteiger partial charge >= 0.3 is 0 Å². The number of hydrogen-bond donors (Lipinski definition) is 3. The Balaban J connectivity index is 1.42. The molecule has 2 fully saturated rings. The van der Waals surface area contributed by atoms with Crippen LogP contribution in [0.4, 0.5) is 0 Å². The van der Waals surface area contributed by atoms with Crippen LogP contribution >= 0.6 is 0 Å². The van der Waals surface area contributed by atoms with Gasteiger partial charge in [-0.25, -0.2) is 0 Å². The SMILES string of the molecule is CC1(C)CC(CNCc2cccc3c2C(=O)N(C2CCC(=O)NC2=O)C3)CN1. The third-order valence-corrected chi connectivity index (χ3v) is 6.06. The lowest BCUT2D eigenvalue weighted by Crippen LogP contribution is -2.52. The first-order chi connectivity index (χ1) is 13.3. The summed E-state index contributed by atoms with van der Waals surface area (Å²) in [5.41, 5.74) is 2.84. The van der Waals surface area contributed by atoms with Crippen molar-refractivity contribution in [1.82, 2.24) is 20.9 Å². The van der Waals surface area contributed by atoms with E-state index in [1.54, 1.807) is 4.90 Å². The highest BCUT2D eigenvalue weighted by Crippen LogP contribution is 2.30. The zero-order chi connectivity index (χ0) is 19.9. The Hall–Kier alpha value is -2.25. The number of benzene rings is 1. The molecule has 7 nitrogen and oxygen atoms in total. The molecule has 2 saturated heterocycles. The summed E-state index contributed by atoms with van der Waals surface area (Å²) in [5.74, 6) is -0.152. The lowest BCUT2D eigenvalue weighted by molar-refractivity contribution is -0.136. The minimum atomic E-state index is -0.565. The second kappa shape index (κ2) is 7.29. The van der Waals surface area contributed by atoms with Gasteiger partial charge in [-0.05, 0) is 56.8 Å². The third kappa shape index (κ3) is 3.69. The average Bonchev–Trinajstić information content (AvgIpc) is 3.15. The number of fused-ring (bicyclic) bond motifs is 1. The number of nitrogens with one attached hydrogen (secondary N) is 3. The molecule has 3 aliphatic rings. The number of rotatable bonds is 5. The summed E-state index contributed by atoms with van der Waals surface area (Å²) in [4.78, 5) is 38.3. The van der Waals surface area contributed by atoms with Crippen molar-refractivity contribution in [2.75, 3.05) is 13.1 Å². The lowest BCUT2D eigenvalue weighted by atomic mass is 9.97. The summed E-state index contributed by atoms with van der Waals surface area (Å²) in [7, 11) is 0. The zero-order valence-corrected chi connectivity index (χ0v) is 16.5. The lowest BCUT2D eigenvalue weighted by Gasteiger charge is -2.29. The van der Waals surface area contributed by atoms with Crippen LogP contribution in [-0.4, -0.2) is 47.3 Å². The number of amides is 3. The van der Waals surface area contributed by atoms with Crippen molar-refractivity contribution in [3.8, 4) is 0 Å². The van der Waals surface area contributed by atoms with E-state index in [1.807, 2.05) is 18.2 Å². The van der Waals surface area contributed by atoms with Crippen LogP contribution in [0, 0.1) is 5.92 Å². The normalized spacial score (nSPS) is 26.5. The van der Waals surface area contributed by atoms with E-state index in [4.69, 9.17) is 0 Å². The monoisotopic (exact) mass is 384 g/mol. The maximum atomic E-state index is 13.1. The Morgan fingerprint density at radius 1 is 1.25 bits per heavy atom. The quantitative estimate of drug-likeness (QED) is 0.657. The second-order valence-corrected chi connectivity index (χ2v) is 8.82. The molecular formula is C21H28N4O3. The molecule has 0 spiro atoms. The molecule has 150 valence electrons. The molecule has 0 saturated carbocycles. The van der Waals surface area contributed by atoms with E-state index in [0.29, 0.717) is 31.0 Å². The van der Waals surface area contributed by atoms with Gasteiger partial charge in [0.25, 0.3) is 5.91 Å². The molecule has 1 aromatic carbocycles. The molecule has 7 heteroatoms. The van der Waals surface area contributed by atoms with E-state index < -0.39 is 6.04 Å². The van der Waals surface area contributed by atoms with Crippen LogP contribution in [-0.2, 0) is 22.7 Å². The summed E-state index contributed by atoms with van der Waals surface area (Å²) < 4.78 is 0. The molecule has 3 amide bonds. The molecule has 0 aromatic heterocycles. The van der Waals surface area contributed by atoms with Crippen LogP contribution in [0.5, 0.6) is 0 Å². The van der Waals surface area contributed by atoms with E-state index in [1.165, 1.54) is 0 Å². The fraction of sp³-hybridized carbons (Fsp3) is 0.571. The molecule has 28 heavy (non-hydrogen) atoms. The van der Waals surface area contributed by atoms with Gasteiger partial charge in [0.2, 0.25) is 11.8 Å². The standard InChI is InChI=1S/C21H28N4O3/c1-21(2)8-13(10-23-21)9-22-11-14-4-3-5-15-12-25(20(28)18(14)15)16-6-7-17(26)24-19(16)27/h3-5,13,16,22-23H,6-12H2,1-2H3,(H,24,26,27). The number of piperidine rings is 1. The second-order valence-electron chi connectivity index (χ2n) is 8.82. The van der Waals surface area contributed by atoms with Crippen LogP contribution in [0.3, 0.4) is 0 Å². The Kier molecular flexibility index (Phi) is 4.97. The van der Waals surface area contributed by atoms with Crippen molar-refractivity contribution < 1.29 is 14.4 Å². The predicted octanol–water partition coefficient (Wildman–Crippen LogP) is 0.925. The highest BCUT2D eigenvalue weighted by atomic mass is 16.2. The maximum Gasteiger partial charge on any atom is 0.255 e. The summed E-state index contributed by atoms with van der Waals surface area (Å²) in [6, 6.07) is 5.34. The van der Waals surface area contributed by atoms with E-state index in [0.717, 1.165) is 30.6 Å². The van der Waals surface area contributed by atoms with Crippen LogP contribution in [0.1, 0.15) is 54.6 Å². The number of carbonyl (C=O) groups excluding carboxylic acids is 3. The molecule has 1 aromatic rings. The molecule has 3 heterocycles. The van der Waals surface area contributed by atoms with Crippen molar-refractivity contribution in [2.24, 2.45) is 5.92 Å². The minimum Gasteiger partial charge on any atom is -0.322 e. The average molecular weight is 384 g/mol. The van der Waals surface area contributed by atoms with E-state index in [9.17, 15) is 14.4 Å². The summed E-state index contributed by atoms with van der Waals surface area (Å²) >= 11 is 0. The fourth-order valence-corrected chi connectivity index (χ4v) is 4.68. The molecule has 0 radical (unpaired) electrons. The first-order valence-corrected chi connectivity index (χ1v) is 10.1. The highest BCUT2D eigenvalue weighted by Gasteiger charge is 2.40. The smallest absolute Gasteiger partial charge is 0.255 e. The first-order valence-electron chi connectivity index (χ1n) is 10.1. The Morgan fingerprint density at radius 3 is 2.79 bits per heavy atom. The van der Waals surface area contributed by atoms with Crippen molar-refractivity contribution in [1.29, 1.82) is 0 Å². The predicted molar refractivity (Wildman–Crippen MR) is 104 cm³/mol. The topological polar surface area (TPSA) is 90.5 Å². The first kappa shape index (κ1) is 19.1.